The third-order valence-corrected chi connectivity index (χ3v) is 2.21. The van der Waals surface area contributed by atoms with Crippen LogP contribution in [0.4, 0.5) is 13.2 Å². The molecule has 0 unspecified atom stereocenters. The number of benzene rings is 1. The van der Waals surface area contributed by atoms with Crippen LogP contribution >= 0.6 is 11.6 Å². The smallest absolute Gasteiger partial charge is 0.299 e. The summed E-state index contributed by atoms with van der Waals surface area (Å²) in [4.78, 5) is 11.2. The van der Waals surface area contributed by atoms with Crippen LogP contribution in [0.3, 0.4) is 0 Å². The van der Waals surface area contributed by atoms with Crippen molar-refractivity contribution in [2.24, 2.45) is 0 Å². The summed E-state index contributed by atoms with van der Waals surface area (Å²) >= 11 is 5.69. The van der Waals surface area contributed by atoms with Gasteiger partial charge in [0.1, 0.15) is 5.78 Å². The Morgan fingerprint density at radius 2 is 2.00 bits per heavy atom. The van der Waals surface area contributed by atoms with Crippen LogP contribution in [-0.4, -0.2) is 12.0 Å². The van der Waals surface area contributed by atoms with Gasteiger partial charge in [0, 0.05) is 17.9 Å². The van der Waals surface area contributed by atoms with Crippen molar-refractivity contribution in [2.45, 2.75) is 25.4 Å². The van der Waals surface area contributed by atoms with Gasteiger partial charge in [-0.3, -0.25) is 4.79 Å². The number of carbonyl (C=O) groups is 1. The molecule has 0 aliphatic rings. The van der Waals surface area contributed by atoms with E-state index in [0.717, 1.165) is 0 Å². The Kier molecular flexibility index (Phi) is 4.35. The lowest BCUT2D eigenvalue weighted by atomic mass is 10.1. The second kappa shape index (κ2) is 5.34. The Hall–Kier alpha value is -1.03. The van der Waals surface area contributed by atoms with Crippen molar-refractivity contribution < 1.29 is 18.0 Å². The highest BCUT2D eigenvalue weighted by molar-refractivity contribution is 6.30. The van der Waals surface area contributed by atoms with E-state index in [1.165, 1.54) is 0 Å². The molecule has 0 heterocycles. The Labute approximate surface area is 96.2 Å². The largest absolute Gasteiger partial charge is 0.389 e. The third kappa shape index (κ3) is 5.16. The van der Waals surface area contributed by atoms with Crippen molar-refractivity contribution in [3.8, 4) is 0 Å². The molecular formula is C11H10ClF3O. The van der Waals surface area contributed by atoms with E-state index in [2.05, 4.69) is 0 Å². The Balaban J connectivity index is 2.46. The monoisotopic (exact) mass is 250 g/mol. The SMILES string of the molecule is O=C(CCC(F)(F)F)Cc1cccc(Cl)c1. The molecule has 1 aromatic rings. The minimum atomic E-state index is -4.27. The molecule has 0 spiro atoms. The van der Waals surface area contributed by atoms with Crippen LogP contribution in [0.1, 0.15) is 18.4 Å². The molecule has 0 saturated heterocycles. The maximum atomic E-state index is 11.8. The zero-order valence-corrected chi connectivity index (χ0v) is 9.11. The van der Waals surface area contributed by atoms with Gasteiger partial charge in [-0.25, -0.2) is 0 Å². The van der Waals surface area contributed by atoms with Crippen molar-refractivity contribution in [1.29, 1.82) is 0 Å². The van der Waals surface area contributed by atoms with Gasteiger partial charge in [-0.15, -0.1) is 0 Å². The fourth-order valence-electron chi connectivity index (χ4n) is 1.24. The molecule has 0 aliphatic heterocycles. The minimum absolute atomic E-state index is 0.00333. The number of halogens is 4. The van der Waals surface area contributed by atoms with Crippen molar-refractivity contribution in [3.63, 3.8) is 0 Å². The summed E-state index contributed by atoms with van der Waals surface area (Å²) in [6.45, 7) is 0. The van der Waals surface area contributed by atoms with Crippen molar-refractivity contribution in [3.05, 3.63) is 34.9 Å². The summed E-state index contributed by atoms with van der Waals surface area (Å²) in [5, 5.41) is 0.473. The number of hydrogen-bond acceptors (Lipinski definition) is 1. The molecule has 0 saturated carbocycles. The Bertz CT molecular complexity index is 374. The number of carbonyl (C=O) groups excluding carboxylic acids is 1. The maximum Gasteiger partial charge on any atom is 0.389 e. The quantitative estimate of drug-likeness (QED) is 0.795. The first-order chi connectivity index (χ1) is 7.37. The average molecular weight is 251 g/mol. The molecule has 1 nitrogen and oxygen atoms in total. The summed E-state index contributed by atoms with van der Waals surface area (Å²) in [5.41, 5.74) is 0.639. The Morgan fingerprint density at radius 1 is 1.31 bits per heavy atom. The van der Waals surface area contributed by atoms with Crippen LogP contribution in [0.5, 0.6) is 0 Å². The zero-order chi connectivity index (χ0) is 12.2. The molecule has 88 valence electrons. The number of Topliss-reactive ketones (excluding diaryl/α,β-unsaturated/α-hetero) is 1. The molecule has 0 fully saturated rings. The van der Waals surface area contributed by atoms with Crippen LogP contribution in [0, 0.1) is 0 Å². The molecule has 5 heteroatoms. The van der Waals surface area contributed by atoms with Gasteiger partial charge >= 0.3 is 6.18 Å². The van der Waals surface area contributed by atoms with Gasteiger partial charge in [-0.05, 0) is 17.7 Å². The van der Waals surface area contributed by atoms with Gasteiger partial charge in [-0.1, -0.05) is 23.7 Å². The van der Waals surface area contributed by atoms with E-state index >= 15 is 0 Å². The fourth-order valence-corrected chi connectivity index (χ4v) is 1.46. The fraction of sp³-hybridized carbons (Fsp3) is 0.364. The number of rotatable bonds is 4. The standard InChI is InChI=1S/C11H10ClF3O/c12-9-3-1-2-8(6-9)7-10(16)4-5-11(13,14)15/h1-3,6H,4-5,7H2. The number of alkyl halides is 3. The molecule has 0 N–H and O–H groups in total. The maximum absolute atomic E-state index is 11.8. The molecule has 16 heavy (non-hydrogen) atoms. The first kappa shape index (κ1) is 13.0. The normalized spacial score (nSPS) is 11.5. The number of ketones is 1. The average Bonchev–Trinajstić information content (AvgIpc) is 2.14. The van der Waals surface area contributed by atoms with Crippen molar-refractivity contribution in [1.82, 2.24) is 0 Å². The zero-order valence-electron chi connectivity index (χ0n) is 8.35. The van der Waals surface area contributed by atoms with E-state index in [4.69, 9.17) is 11.6 Å². The molecule has 0 amide bonds. The molecule has 0 radical (unpaired) electrons. The van der Waals surface area contributed by atoms with E-state index < -0.39 is 24.8 Å². The van der Waals surface area contributed by atoms with Gasteiger partial charge in [0.2, 0.25) is 0 Å². The first-order valence-electron chi connectivity index (χ1n) is 4.70. The first-order valence-corrected chi connectivity index (χ1v) is 5.07. The predicted molar refractivity (Wildman–Crippen MR) is 55.5 cm³/mol. The van der Waals surface area contributed by atoms with Crippen LogP contribution in [0.2, 0.25) is 5.02 Å². The third-order valence-electron chi connectivity index (χ3n) is 1.98. The summed E-state index contributed by atoms with van der Waals surface area (Å²) in [6.07, 6.45) is -5.82. The Morgan fingerprint density at radius 3 is 2.56 bits per heavy atom. The molecule has 1 rings (SSSR count). The highest BCUT2D eigenvalue weighted by Gasteiger charge is 2.27. The van der Waals surface area contributed by atoms with Crippen molar-refractivity contribution >= 4 is 17.4 Å². The molecule has 0 aromatic heterocycles. The van der Waals surface area contributed by atoms with Crippen LogP contribution in [0.15, 0.2) is 24.3 Å². The van der Waals surface area contributed by atoms with Gasteiger partial charge < -0.3 is 0 Å². The van der Waals surface area contributed by atoms with E-state index in [1.54, 1.807) is 24.3 Å². The molecule has 0 atom stereocenters. The molecule has 0 bridgehead atoms. The lowest BCUT2D eigenvalue weighted by Crippen LogP contribution is -2.12. The van der Waals surface area contributed by atoms with E-state index in [9.17, 15) is 18.0 Å². The van der Waals surface area contributed by atoms with E-state index in [1.807, 2.05) is 0 Å². The highest BCUT2D eigenvalue weighted by Crippen LogP contribution is 2.22. The molecular weight excluding hydrogens is 241 g/mol. The summed E-state index contributed by atoms with van der Waals surface area (Å²) in [6, 6.07) is 6.55. The summed E-state index contributed by atoms with van der Waals surface area (Å²) < 4.78 is 35.5. The minimum Gasteiger partial charge on any atom is -0.299 e. The summed E-state index contributed by atoms with van der Waals surface area (Å²) in [5.74, 6) is -0.431. The number of hydrogen-bond donors (Lipinski definition) is 0. The summed E-state index contributed by atoms with van der Waals surface area (Å²) in [7, 11) is 0. The lowest BCUT2D eigenvalue weighted by molar-refractivity contribution is -0.143. The van der Waals surface area contributed by atoms with Crippen LogP contribution in [-0.2, 0) is 11.2 Å². The molecule has 0 aliphatic carbocycles. The predicted octanol–water partition coefficient (Wildman–Crippen LogP) is 3.79. The van der Waals surface area contributed by atoms with Crippen molar-refractivity contribution in [2.75, 3.05) is 0 Å². The molecule has 1 aromatic carbocycles. The van der Waals surface area contributed by atoms with E-state index in [0.29, 0.717) is 10.6 Å². The lowest BCUT2D eigenvalue weighted by Gasteiger charge is -2.05. The second-order valence-corrected chi connectivity index (χ2v) is 3.90. The van der Waals surface area contributed by atoms with Gasteiger partial charge in [0.05, 0.1) is 6.42 Å². The van der Waals surface area contributed by atoms with Gasteiger partial charge in [0.15, 0.2) is 0 Å². The van der Waals surface area contributed by atoms with E-state index in [-0.39, 0.29) is 6.42 Å². The topological polar surface area (TPSA) is 17.1 Å². The van der Waals surface area contributed by atoms with Crippen LogP contribution in [0.25, 0.3) is 0 Å². The second-order valence-electron chi connectivity index (χ2n) is 3.46. The highest BCUT2D eigenvalue weighted by atomic mass is 35.5. The van der Waals surface area contributed by atoms with Crippen LogP contribution < -0.4 is 0 Å². The van der Waals surface area contributed by atoms with Gasteiger partial charge in [0.25, 0.3) is 0 Å². The van der Waals surface area contributed by atoms with Gasteiger partial charge in [-0.2, -0.15) is 13.2 Å².